The van der Waals surface area contributed by atoms with E-state index in [2.05, 4.69) is 17.4 Å². The molecule has 120 valence electrons. The van der Waals surface area contributed by atoms with Crippen LogP contribution in [-0.2, 0) is 11.2 Å². The predicted octanol–water partition coefficient (Wildman–Crippen LogP) is 2.97. The summed E-state index contributed by atoms with van der Waals surface area (Å²) in [6, 6.07) is 10.8. The van der Waals surface area contributed by atoms with Gasteiger partial charge in [0.2, 0.25) is 0 Å². The first-order chi connectivity index (χ1) is 10.8. The molecule has 22 heavy (non-hydrogen) atoms. The number of carbonyl (C=O) groups is 1. The maximum Gasteiger partial charge on any atom is 0.317 e. The lowest BCUT2D eigenvalue weighted by Gasteiger charge is -2.34. The van der Waals surface area contributed by atoms with Crippen molar-refractivity contribution in [1.82, 2.24) is 10.2 Å². The molecule has 2 amide bonds. The monoisotopic (exact) mass is 302 g/mol. The van der Waals surface area contributed by atoms with Crippen LogP contribution in [0.1, 0.15) is 37.7 Å². The summed E-state index contributed by atoms with van der Waals surface area (Å²) in [4.78, 5) is 14.3. The highest BCUT2D eigenvalue weighted by Crippen LogP contribution is 2.18. The molecule has 1 unspecified atom stereocenters. The van der Waals surface area contributed by atoms with Crippen LogP contribution in [0.4, 0.5) is 4.79 Å². The van der Waals surface area contributed by atoms with Gasteiger partial charge in [-0.3, -0.25) is 0 Å². The standard InChI is InChI=1S/C18H26N2O2/c21-18(19-16-9-5-2-6-10-16)20-11-12-22-17(14-20)13-15-7-3-1-4-8-15/h1,3-4,7-8,16-17H,2,5-6,9-14H2,(H,19,21). The molecule has 1 aliphatic heterocycles. The van der Waals surface area contributed by atoms with Gasteiger partial charge in [0.15, 0.2) is 0 Å². The molecular weight excluding hydrogens is 276 g/mol. The molecule has 0 aromatic heterocycles. The molecule has 3 rings (SSSR count). The van der Waals surface area contributed by atoms with Crippen molar-refractivity contribution in [2.24, 2.45) is 0 Å². The SMILES string of the molecule is O=C(NC1CCCCC1)N1CCOC(Cc2ccccc2)C1. The Hall–Kier alpha value is -1.55. The van der Waals surface area contributed by atoms with Crippen LogP contribution in [0.25, 0.3) is 0 Å². The second-order valence-electron chi connectivity index (χ2n) is 6.41. The summed E-state index contributed by atoms with van der Waals surface area (Å²) in [5.74, 6) is 0. The Labute approximate surface area is 132 Å². The lowest BCUT2D eigenvalue weighted by molar-refractivity contribution is -0.0137. The van der Waals surface area contributed by atoms with Crippen molar-refractivity contribution >= 4 is 6.03 Å². The molecule has 1 saturated heterocycles. The van der Waals surface area contributed by atoms with E-state index in [4.69, 9.17) is 4.74 Å². The summed E-state index contributed by atoms with van der Waals surface area (Å²) in [6.07, 6.45) is 7.02. The summed E-state index contributed by atoms with van der Waals surface area (Å²) in [6.45, 7) is 2.02. The van der Waals surface area contributed by atoms with Gasteiger partial charge in [-0.25, -0.2) is 4.79 Å². The fourth-order valence-electron chi connectivity index (χ4n) is 3.42. The summed E-state index contributed by atoms with van der Waals surface area (Å²) in [5.41, 5.74) is 1.27. The third-order valence-corrected chi connectivity index (χ3v) is 4.66. The van der Waals surface area contributed by atoms with Crippen LogP contribution in [0.15, 0.2) is 30.3 Å². The smallest absolute Gasteiger partial charge is 0.317 e. The second-order valence-corrected chi connectivity index (χ2v) is 6.41. The molecule has 0 spiro atoms. The van der Waals surface area contributed by atoms with Crippen molar-refractivity contribution in [2.75, 3.05) is 19.7 Å². The van der Waals surface area contributed by atoms with Gasteiger partial charge in [-0.2, -0.15) is 0 Å². The number of nitrogens with one attached hydrogen (secondary N) is 1. The molecule has 0 bridgehead atoms. The van der Waals surface area contributed by atoms with E-state index in [0.717, 1.165) is 19.3 Å². The zero-order valence-corrected chi connectivity index (χ0v) is 13.2. The van der Waals surface area contributed by atoms with Crippen molar-refractivity contribution in [3.8, 4) is 0 Å². The number of hydrogen-bond acceptors (Lipinski definition) is 2. The van der Waals surface area contributed by atoms with Crippen LogP contribution in [-0.4, -0.2) is 42.8 Å². The summed E-state index contributed by atoms with van der Waals surface area (Å²) < 4.78 is 5.83. The molecule has 1 atom stereocenters. The van der Waals surface area contributed by atoms with E-state index in [1.165, 1.54) is 24.8 Å². The van der Waals surface area contributed by atoms with E-state index in [0.29, 0.717) is 25.7 Å². The second kappa shape index (κ2) is 7.63. The highest BCUT2D eigenvalue weighted by molar-refractivity contribution is 5.74. The average molecular weight is 302 g/mol. The lowest BCUT2D eigenvalue weighted by atomic mass is 9.96. The molecule has 2 fully saturated rings. The van der Waals surface area contributed by atoms with Crippen molar-refractivity contribution < 1.29 is 9.53 Å². The fraction of sp³-hybridized carbons (Fsp3) is 0.611. The maximum atomic E-state index is 12.4. The molecule has 1 heterocycles. The van der Waals surface area contributed by atoms with Crippen LogP contribution >= 0.6 is 0 Å². The van der Waals surface area contributed by atoms with Gasteiger partial charge in [-0.05, 0) is 18.4 Å². The Balaban J connectivity index is 1.50. The molecule has 1 aliphatic carbocycles. The predicted molar refractivity (Wildman–Crippen MR) is 86.9 cm³/mol. The van der Waals surface area contributed by atoms with E-state index in [-0.39, 0.29) is 12.1 Å². The minimum absolute atomic E-state index is 0.0910. The largest absolute Gasteiger partial charge is 0.374 e. The normalized spacial score (nSPS) is 23.3. The molecule has 4 heteroatoms. The van der Waals surface area contributed by atoms with Crippen LogP contribution in [0.5, 0.6) is 0 Å². The van der Waals surface area contributed by atoms with Crippen molar-refractivity contribution in [2.45, 2.75) is 50.7 Å². The Morgan fingerprint density at radius 2 is 1.95 bits per heavy atom. The molecule has 1 aromatic rings. The number of rotatable bonds is 3. The zero-order valence-electron chi connectivity index (χ0n) is 13.2. The maximum absolute atomic E-state index is 12.4. The minimum Gasteiger partial charge on any atom is -0.374 e. The van der Waals surface area contributed by atoms with Gasteiger partial charge < -0.3 is 15.0 Å². The Morgan fingerprint density at radius 1 is 1.18 bits per heavy atom. The average Bonchev–Trinajstić information content (AvgIpc) is 2.57. The molecule has 4 nitrogen and oxygen atoms in total. The number of morpholine rings is 1. The van der Waals surface area contributed by atoms with E-state index < -0.39 is 0 Å². The van der Waals surface area contributed by atoms with Gasteiger partial charge in [0, 0.05) is 25.6 Å². The third kappa shape index (κ3) is 4.23. The summed E-state index contributed by atoms with van der Waals surface area (Å²) in [7, 11) is 0. The molecule has 1 N–H and O–H groups in total. The van der Waals surface area contributed by atoms with E-state index >= 15 is 0 Å². The lowest BCUT2D eigenvalue weighted by Crippen LogP contribution is -2.52. The van der Waals surface area contributed by atoms with Crippen LogP contribution in [0.2, 0.25) is 0 Å². The summed E-state index contributed by atoms with van der Waals surface area (Å²) >= 11 is 0. The highest BCUT2D eigenvalue weighted by atomic mass is 16.5. The minimum atomic E-state index is 0.0910. The Morgan fingerprint density at radius 3 is 2.73 bits per heavy atom. The van der Waals surface area contributed by atoms with Gasteiger partial charge in [0.25, 0.3) is 0 Å². The first-order valence-corrected chi connectivity index (χ1v) is 8.52. The van der Waals surface area contributed by atoms with Crippen LogP contribution in [0.3, 0.4) is 0 Å². The first-order valence-electron chi connectivity index (χ1n) is 8.52. The van der Waals surface area contributed by atoms with Gasteiger partial charge >= 0.3 is 6.03 Å². The van der Waals surface area contributed by atoms with Gasteiger partial charge in [0.05, 0.1) is 12.7 Å². The van der Waals surface area contributed by atoms with E-state index in [9.17, 15) is 4.79 Å². The molecule has 2 aliphatic rings. The van der Waals surface area contributed by atoms with Crippen molar-refractivity contribution in [3.63, 3.8) is 0 Å². The van der Waals surface area contributed by atoms with Gasteiger partial charge in [-0.15, -0.1) is 0 Å². The number of hydrogen-bond donors (Lipinski definition) is 1. The van der Waals surface area contributed by atoms with E-state index in [1.807, 2.05) is 23.1 Å². The number of benzene rings is 1. The Kier molecular flexibility index (Phi) is 5.33. The van der Waals surface area contributed by atoms with Crippen molar-refractivity contribution in [3.05, 3.63) is 35.9 Å². The highest BCUT2D eigenvalue weighted by Gasteiger charge is 2.26. The van der Waals surface area contributed by atoms with E-state index in [1.54, 1.807) is 0 Å². The molecular formula is C18H26N2O2. The quantitative estimate of drug-likeness (QED) is 0.932. The molecule has 1 aromatic carbocycles. The topological polar surface area (TPSA) is 41.6 Å². The number of urea groups is 1. The third-order valence-electron chi connectivity index (χ3n) is 4.66. The zero-order chi connectivity index (χ0) is 15.2. The first kappa shape index (κ1) is 15.3. The van der Waals surface area contributed by atoms with Crippen LogP contribution < -0.4 is 5.32 Å². The number of carbonyl (C=O) groups excluding carboxylic acids is 1. The number of nitrogens with zero attached hydrogens (tertiary/aromatic N) is 1. The Bertz CT molecular complexity index is 471. The molecule has 1 saturated carbocycles. The van der Waals surface area contributed by atoms with Gasteiger partial charge in [-0.1, -0.05) is 49.6 Å². The number of ether oxygens (including phenoxy) is 1. The van der Waals surface area contributed by atoms with Gasteiger partial charge in [0.1, 0.15) is 0 Å². The number of amides is 2. The van der Waals surface area contributed by atoms with Crippen molar-refractivity contribution in [1.29, 1.82) is 0 Å². The fourth-order valence-corrected chi connectivity index (χ4v) is 3.42. The van der Waals surface area contributed by atoms with Crippen LogP contribution in [0, 0.1) is 0 Å². The summed E-state index contributed by atoms with van der Waals surface area (Å²) in [5, 5.41) is 3.20. The molecule has 0 radical (unpaired) electrons.